The third-order valence-electron chi connectivity index (χ3n) is 2.97. The molecule has 3 nitrogen and oxygen atoms in total. The first kappa shape index (κ1) is 14.0. The summed E-state index contributed by atoms with van der Waals surface area (Å²) in [5.41, 5.74) is 1.05. The van der Waals surface area contributed by atoms with E-state index >= 15 is 0 Å². The Bertz CT molecular complexity index is 558. The Kier molecular flexibility index (Phi) is 4.50. The third-order valence-corrected chi connectivity index (χ3v) is 4.61. The molecule has 0 radical (unpaired) electrons. The van der Waals surface area contributed by atoms with Gasteiger partial charge >= 0.3 is 0 Å². The van der Waals surface area contributed by atoms with E-state index in [1.54, 1.807) is 17.4 Å². The second kappa shape index (κ2) is 6.12. The Labute approximate surface area is 123 Å². The summed E-state index contributed by atoms with van der Waals surface area (Å²) in [6.45, 7) is 6.46. The molecule has 2 aromatic rings. The normalized spacial score (nSPS) is 12.1. The van der Waals surface area contributed by atoms with Gasteiger partial charge in [0.25, 0.3) is 0 Å². The Hall–Kier alpha value is -1.46. The van der Waals surface area contributed by atoms with Crippen LogP contribution < -0.4 is 5.32 Å². The highest BCUT2D eigenvalue weighted by molar-refractivity contribution is 7.80. The molecule has 2 rings (SSSR count). The lowest BCUT2D eigenvalue weighted by molar-refractivity contribution is 0.396. The molecule has 0 saturated heterocycles. The number of thiazole rings is 1. The highest BCUT2D eigenvalue weighted by Crippen LogP contribution is 2.28. The third kappa shape index (κ3) is 3.11. The number of para-hydroxylation sites is 1. The maximum Gasteiger partial charge on any atom is 0.169 e. The number of fused-ring (bicyclic) bond motifs is 1. The number of hydrogen-bond acceptors (Lipinski definition) is 3. The molecule has 1 aromatic carbocycles. The largest absolute Gasteiger partial charge is 0.359 e. The van der Waals surface area contributed by atoms with Gasteiger partial charge in [-0.05, 0) is 31.3 Å². The van der Waals surface area contributed by atoms with E-state index in [1.807, 2.05) is 30.1 Å². The lowest BCUT2D eigenvalue weighted by Crippen LogP contribution is -2.38. The predicted octanol–water partition coefficient (Wildman–Crippen LogP) is 3.35. The van der Waals surface area contributed by atoms with E-state index in [1.165, 1.54) is 4.70 Å². The summed E-state index contributed by atoms with van der Waals surface area (Å²) >= 11 is 7.06. The van der Waals surface area contributed by atoms with Crippen LogP contribution in [0.2, 0.25) is 0 Å². The number of hydrogen-bond donors (Lipinski definition) is 1. The average Bonchev–Trinajstić information content (AvgIpc) is 2.86. The molecule has 0 saturated carbocycles. The van der Waals surface area contributed by atoms with E-state index in [0.29, 0.717) is 11.7 Å². The molecule has 0 bridgehead atoms. The van der Waals surface area contributed by atoms with E-state index in [-0.39, 0.29) is 6.04 Å². The van der Waals surface area contributed by atoms with E-state index in [2.05, 4.69) is 29.9 Å². The van der Waals surface area contributed by atoms with Gasteiger partial charge in [0, 0.05) is 13.6 Å². The van der Waals surface area contributed by atoms with Crippen molar-refractivity contribution in [1.29, 1.82) is 0 Å². The first-order valence-corrected chi connectivity index (χ1v) is 7.33. The minimum atomic E-state index is 0.155. The van der Waals surface area contributed by atoms with Crippen LogP contribution in [-0.4, -0.2) is 28.6 Å². The molecule has 0 fully saturated rings. The fraction of sp³-hybridized carbons (Fsp3) is 0.286. The first-order chi connectivity index (χ1) is 9.13. The maximum absolute atomic E-state index is 5.34. The number of aromatic nitrogens is 1. The Morgan fingerprint density at radius 1 is 1.58 bits per heavy atom. The molecular formula is C14H17N3S2. The van der Waals surface area contributed by atoms with Gasteiger partial charge in [-0.15, -0.1) is 17.9 Å². The highest BCUT2D eigenvalue weighted by atomic mass is 32.1. The standard InChI is InChI=1S/C14H17N3S2/c1-4-9-15-14(18)17(3)10(2)13-16-11-7-5-6-8-12(11)19-13/h4-8,10H,1,9H2,2-3H3,(H,15,18)/t10-/m0/s1. The molecule has 0 aliphatic heterocycles. The summed E-state index contributed by atoms with van der Waals surface area (Å²) in [6.07, 6.45) is 1.79. The minimum Gasteiger partial charge on any atom is -0.359 e. The number of thiocarbonyl (C=S) groups is 1. The smallest absolute Gasteiger partial charge is 0.169 e. The van der Waals surface area contributed by atoms with Crippen LogP contribution in [0, 0.1) is 0 Å². The van der Waals surface area contributed by atoms with Gasteiger partial charge in [-0.1, -0.05) is 18.2 Å². The lowest BCUT2D eigenvalue weighted by Gasteiger charge is -2.26. The molecule has 0 unspecified atom stereocenters. The molecule has 1 atom stereocenters. The van der Waals surface area contributed by atoms with Gasteiger partial charge in [0.2, 0.25) is 0 Å². The van der Waals surface area contributed by atoms with Crippen molar-refractivity contribution in [3.8, 4) is 0 Å². The molecule has 100 valence electrons. The molecular weight excluding hydrogens is 274 g/mol. The summed E-state index contributed by atoms with van der Waals surface area (Å²) < 4.78 is 1.21. The zero-order valence-corrected chi connectivity index (χ0v) is 12.7. The van der Waals surface area contributed by atoms with Crippen molar-refractivity contribution in [1.82, 2.24) is 15.2 Å². The number of benzene rings is 1. The van der Waals surface area contributed by atoms with Crippen LogP contribution in [0.4, 0.5) is 0 Å². The quantitative estimate of drug-likeness (QED) is 0.691. The Morgan fingerprint density at radius 3 is 3.00 bits per heavy atom. The number of nitrogens with zero attached hydrogens (tertiary/aromatic N) is 2. The highest BCUT2D eigenvalue weighted by Gasteiger charge is 2.17. The average molecular weight is 291 g/mol. The van der Waals surface area contributed by atoms with Gasteiger partial charge in [-0.3, -0.25) is 0 Å². The van der Waals surface area contributed by atoms with Crippen molar-refractivity contribution < 1.29 is 0 Å². The number of rotatable bonds is 4. The van der Waals surface area contributed by atoms with E-state index in [0.717, 1.165) is 10.5 Å². The van der Waals surface area contributed by atoms with Crippen LogP contribution in [-0.2, 0) is 0 Å². The van der Waals surface area contributed by atoms with Gasteiger partial charge in [0.1, 0.15) is 5.01 Å². The summed E-state index contributed by atoms with van der Waals surface area (Å²) in [6, 6.07) is 8.33. The SMILES string of the molecule is C=CCNC(=S)N(C)[C@@H](C)c1nc2ccccc2s1. The van der Waals surface area contributed by atoms with Crippen LogP contribution in [0.1, 0.15) is 18.0 Å². The second-order valence-corrected chi connectivity index (χ2v) is 5.73. The topological polar surface area (TPSA) is 28.2 Å². The van der Waals surface area contributed by atoms with Crippen LogP contribution in [0.3, 0.4) is 0 Å². The summed E-state index contributed by atoms with van der Waals surface area (Å²) in [5, 5.41) is 4.92. The molecule has 0 aliphatic rings. The van der Waals surface area contributed by atoms with Crippen molar-refractivity contribution in [3.05, 3.63) is 41.9 Å². The summed E-state index contributed by atoms with van der Waals surface area (Å²) in [7, 11) is 1.98. The van der Waals surface area contributed by atoms with Crippen molar-refractivity contribution in [2.45, 2.75) is 13.0 Å². The van der Waals surface area contributed by atoms with E-state index in [4.69, 9.17) is 12.2 Å². The Morgan fingerprint density at radius 2 is 2.32 bits per heavy atom. The fourth-order valence-corrected chi connectivity index (χ4v) is 3.00. The van der Waals surface area contributed by atoms with Crippen LogP contribution in [0.25, 0.3) is 10.2 Å². The van der Waals surface area contributed by atoms with Crippen molar-refractivity contribution in [2.75, 3.05) is 13.6 Å². The van der Waals surface area contributed by atoms with E-state index in [9.17, 15) is 0 Å². The fourth-order valence-electron chi connectivity index (χ4n) is 1.69. The second-order valence-electron chi connectivity index (χ2n) is 4.28. The predicted molar refractivity (Wildman–Crippen MR) is 86.6 cm³/mol. The van der Waals surface area contributed by atoms with E-state index < -0.39 is 0 Å². The summed E-state index contributed by atoms with van der Waals surface area (Å²) in [4.78, 5) is 6.69. The molecule has 19 heavy (non-hydrogen) atoms. The molecule has 0 amide bonds. The zero-order valence-electron chi connectivity index (χ0n) is 11.1. The lowest BCUT2D eigenvalue weighted by atomic mass is 10.3. The van der Waals surface area contributed by atoms with Crippen molar-refractivity contribution >= 4 is 38.9 Å². The van der Waals surface area contributed by atoms with Crippen LogP contribution in [0.5, 0.6) is 0 Å². The first-order valence-electron chi connectivity index (χ1n) is 6.10. The molecule has 5 heteroatoms. The van der Waals surface area contributed by atoms with Gasteiger partial charge in [0.15, 0.2) is 5.11 Å². The van der Waals surface area contributed by atoms with Gasteiger partial charge in [-0.2, -0.15) is 0 Å². The zero-order chi connectivity index (χ0) is 13.8. The van der Waals surface area contributed by atoms with Crippen molar-refractivity contribution in [2.24, 2.45) is 0 Å². The molecule has 1 N–H and O–H groups in total. The van der Waals surface area contributed by atoms with Gasteiger partial charge in [0.05, 0.1) is 16.3 Å². The Balaban J connectivity index is 2.16. The summed E-state index contributed by atoms with van der Waals surface area (Å²) in [5.74, 6) is 0. The minimum absolute atomic E-state index is 0.155. The molecule has 0 spiro atoms. The molecule has 1 aromatic heterocycles. The maximum atomic E-state index is 5.34. The molecule has 1 heterocycles. The van der Waals surface area contributed by atoms with Crippen LogP contribution >= 0.6 is 23.6 Å². The monoisotopic (exact) mass is 291 g/mol. The molecule has 0 aliphatic carbocycles. The van der Waals surface area contributed by atoms with Crippen LogP contribution in [0.15, 0.2) is 36.9 Å². The van der Waals surface area contributed by atoms with Gasteiger partial charge in [-0.25, -0.2) is 4.98 Å². The van der Waals surface area contributed by atoms with Gasteiger partial charge < -0.3 is 10.2 Å². The number of nitrogens with one attached hydrogen (secondary N) is 1. The van der Waals surface area contributed by atoms with Crippen molar-refractivity contribution in [3.63, 3.8) is 0 Å².